The second kappa shape index (κ2) is 11.1. The molecule has 0 aliphatic carbocycles. The number of para-hydroxylation sites is 1. The highest BCUT2D eigenvalue weighted by molar-refractivity contribution is 7.92. The number of carbonyl (C=O) groups excluding carboxylic acids is 1. The van der Waals surface area contributed by atoms with Crippen molar-refractivity contribution in [2.45, 2.75) is 31.2 Å². The van der Waals surface area contributed by atoms with Crippen LogP contribution in [0.1, 0.15) is 29.3 Å². The quantitative estimate of drug-likeness (QED) is 0.298. The fourth-order valence-corrected chi connectivity index (χ4v) is 7.20. The average Bonchev–Trinajstić information content (AvgIpc) is 3.28. The summed E-state index contributed by atoms with van der Waals surface area (Å²) in [6.07, 6.45) is 1.61. The third-order valence-electron chi connectivity index (χ3n) is 6.51. The number of hydrogen-bond acceptors (Lipinski definition) is 6. The smallest absolute Gasteiger partial charge is 0.279 e. The summed E-state index contributed by atoms with van der Waals surface area (Å²) in [6.45, 7) is 3.99. The lowest BCUT2D eigenvalue weighted by molar-refractivity contribution is 0.0996. The normalized spacial score (nSPS) is 14.1. The van der Waals surface area contributed by atoms with Gasteiger partial charge in [-0.3, -0.25) is 9.10 Å². The first-order valence-corrected chi connectivity index (χ1v) is 14.7. The van der Waals surface area contributed by atoms with E-state index in [0.29, 0.717) is 42.4 Å². The van der Waals surface area contributed by atoms with Crippen LogP contribution in [0.4, 0.5) is 5.69 Å². The second-order valence-corrected chi connectivity index (χ2v) is 11.7. The molecule has 1 amide bonds. The van der Waals surface area contributed by atoms with E-state index >= 15 is 0 Å². The van der Waals surface area contributed by atoms with Gasteiger partial charge in [0.15, 0.2) is 4.80 Å². The predicted octanol–water partition coefficient (Wildman–Crippen LogP) is 4.63. The zero-order valence-corrected chi connectivity index (χ0v) is 22.9. The molecule has 0 N–H and O–H groups in total. The van der Waals surface area contributed by atoms with Crippen molar-refractivity contribution in [1.29, 1.82) is 0 Å². The molecule has 38 heavy (non-hydrogen) atoms. The maximum atomic E-state index is 13.4. The van der Waals surface area contributed by atoms with Crippen molar-refractivity contribution in [2.75, 3.05) is 31.2 Å². The van der Waals surface area contributed by atoms with Gasteiger partial charge in [0.25, 0.3) is 15.9 Å². The number of nitrogens with zero attached hydrogens (tertiary/aromatic N) is 3. The number of amides is 1. The molecule has 1 aliphatic heterocycles. The molecule has 1 aromatic heterocycles. The van der Waals surface area contributed by atoms with Crippen LogP contribution in [0.15, 0.2) is 76.6 Å². The van der Waals surface area contributed by atoms with E-state index in [0.717, 1.165) is 34.4 Å². The van der Waals surface area contributed by atoms with Crippen molar-refractivity contribution in [2.24, 2.45) is 4.99 Å². The van der Waals surface area contributed by atoms with Gasteiger partial charge in [0.2, 0.25) is 0 Å². The number of thiazole rings is 1. The molecular weight excluding hydrogens is 522 g/mol. The maximum Gasteiger partial charge on any atom is 0.279 e. The summed E-state index contributed by atoms with van der Waals surface area (Å²) in [7, 11) is -2.14. The summed E-state index contributed by atoms with van der Waals surface area (Å²) in [6, 6.07) is 19.3. The van der Waals surface area contributed by atoms with Gasteiger partial charge in [-0.15, -0.1) is 0 Å². The Labute approximate surface area is 225 Å². The van der Waals surface area contributed by atoms with Gasteiger partial charge in [-0.1, -0.05) is 29.5 Å². The fraction of sp³-hybridized carbons (Fsp3) is 0.286. The molecule has 198 valence electrons. The number of sulfonamides is 1. The van der Waals surface area contributed by atoms with Crippen molar-refractivity contribution >= 4 is 43.2 Å². The SMILES string of the molecule is CCOCCn1c(=NC(=O)c2ccc(S(=O)(=O)N3CCCc4ccccc43)cc2)sc2cc(OC)ccc21. The van der Waals surface area contributed by atoms with Gasteiger partial charge < -0.3 is 14.0 Å². The minimum atomic E-state index is -3.76. The van der Waals surface area contributed by atoms with Crippen LogP contribution in [-0.4, -0.2) is 45.8 Å². The number of anilines is 1. The number of benzene rings is 3. The highest BCUT2D eigenvalue weighted by Crippen LogP contribution is 2.32. The first kappa shape index (κ1) is 26.1. The number of aryl methyl sites for hydroxylation is 1. The lowest BCUT2D eigenvalue weighted by Gasteiger charge is -2.30. The first-order valence-electron chi connectivity index (χ1n) is 12.5. The summed E-state index contributed by atoms with van der Waals surface area (Å²) >= 11 is 1.39. The Morgan fingerprint density at radius 1 is 1.08 bits per heavy atom. The van der Waals surface area contributed by atoms with Crippen LogP contribution in [0.25, 0.3) is 10.2 Å². The molecule has 0 bridgehead atoms. The lowest BCUT2D eigenvalue weighted by atomic mass is 10.0. The van der Waals surface area contributed by atoms with Crippen molar-refractivity contribution in [3.05, 3.63) is 82.7 Å². The molecule has 3 aromatic carbocycles. The van der Waals surface area contributed by atoms with Crippen LogP contribution in [0.3, 0.4) is 0 Å². The molecule has 0 fully saturated rings. The van der Waals surface area contributed by atoms with E-state index in [9.17, 15) is 13.2 Å². The molecule has 2 heterocycles. The van der Waals surface area contributed by atoms with E-state index in [1.165, 1.54) is 39.9 Å². The zero-order valence-electron chi connectivity index (χ0n) is 21.3. The third kappa shape index (κ3) is 5.11. The number of methoxy groups -OCH3 is 1. The van der Waals surface area contributed by atoms with Gasteiger partial charge in [0.1, 0.15) is 5.75 Å². The monoisotopic (exact) mass is 551 g/mol. The minimum Gasteiger partial charge on any atom is -0.497 e. The van der Waals surface area contributed by atoms with Gasteiger partial charge in [0, 0.05) is 25.3 Å². The highest BCUT2D eigenvalue weighted by atomic mass is 32.2. The van der Waals surface area contributed by atoms with Crippen LogP contribution < -0.4 is 13.8 Å². The first-order chi connectivity index (χ1) is 18.4. The summed E-state index contributed by atoms with van der Waals surface area (Å²) < 4.78 is 42.1. The van der Waals surface area contributed by atoms with Crippen LogP contribution in [0, 0.1) is 0 Å². The van der Waals surface area contributed by atoms with Gasteiger partial charge >= 0.3 is 0 Å². The third-order valence-corrected chi connectivity index (χ3v) is 9.38. The van der Waals surface area contributed by atoms with Gasteiger partial charge in [0.05, 0.1) is 34.5 Å². The Bertz CT molecular complexity index is 1640. The largest absolute Gasteiger partial charge is 0.497 e. The Balaban J connectivity index is 1.45. The second-order valence-electron chi connectivity index (χ2n) is 8.82. The fourth-order valence-electron chi connectivity index (χ4n) is 4.58. The molecular formula is C28H29N3O5S2. The molecule has 0 saturated heterocycles. The van der Waals surface area contributed by atoms with Gasteiger partial charge in [-0.05, 0) is 73.9 Å². The van der Waals surface area contributed by atoms with Crippen molar-refractivity contribution in [1.82, 2.24) is 4.57 Å². The molecule has 10 heteroatoms. The van der Waals surface area contributed by atoms with E-state index in [1.807, 2.05) is 54.0 Å². The highest BCUT2D eigenvalue weighted by Gasteiger charge is 2.29. The molecule has 0 radical (unpaired) electrons. The molecule has 1 aliphatic rings. The van der Waals surface area contributed by atoms with E-state index in [-0.39, 0.29) is 4.90 Å². The van der Waals surface area contributed by atoms with Crippen molar-refractivity contribution in [3.8, 4) is 5.75 Å². The van der Waals surface area contributed by atoms with Gasteiger partial charge in [-0.2, -0.15) is 4.99 Å². The number of fused-ring (bicyclic) bond motifs is 2. The van der Waals surface area contributed by atoms with Gasteiger partial charge in [-0.25, -0.2) is 8.42 Å². The summed E-state index contributed by atoms with van der Waals surface area (Å²) in [5.41, 5.74) is 2.98. The number of ether oxygens (including phenoxy) is 2. The zero-order chi connectivity index (χ0) is 26.7. The molecule has 0 atom stereocenters. The molecule has 5 rings (SSSR count). The minimum absolute atomic E-state index is 0.145. The predicted molar refractivity (Wildman–Crippen MR) is 148 cm³/mol. The lowest BCUT2D eigenvalue weighted by Crippen LogP contribution is -2.35. The van der Waals surface area contributed by atoms with Crippen molar-refractivity contribution < 1.29 is 22.7 Å². The van der Waals surface area contributed by atoms with E-state index in [2.05, 4.69) is 4.99 Å². The van der Waals surface area contributed by atoms with Crippen LogP contribution in [0.2, 0.25) is 0 Å². The number of hydrogen-bond donors (Lipinski definition) is 0. The number of aromatic nitrogens is 1. The van der Waals surface area contributed by atoms with Crippen LogP contribution in [-0.2, 0) is 27.7 Å². The molecule has 4 aromatic rings. The van der Waals surface area contributed by atoms with E-state index < -0.39 is 15.9 Å². The topological polar surface area (TPSA) is 90.2 Å². The number of rotatable bonds is 8. The molecule has 8 nitrogen and oxygen atoms in total. The van der Waals surface area contributed by atoms with E-state index in [1.54, 1.807) is 7.11 Å². The Morgan fingerprint density at radius 3 is 2.63 bits per heavy atom. The van der Waals surface area contributed by atoms with E-state index in [4.69, 9.17) is 9.47 Å². The van der Waals surface area contributed by atoms with Crippen molar-refractivity contribution in [3.63, 3.8) is 0 Å². The summed E-state index contributed by atoms with van der Waals surface area (Å²) in [5, 5.41) is 0. The van der Waals surface area contributed by atoms with Crippen LogP contribution in [0.5, 0.6) is 5.75 Å². The summed E-state index contributed by atoms with van der Waals surface area (Å²) in [4.78, 5) is 18.2. The maximum absolute atomic E-state index is 13.4. The Kier molecular flexibility index (Phi) is 7.64. The molecule has 0 saturated carbocycles. The number of carbonyl (C=O) groups is 1. The van der Waals surface area contributed by atoms with Crippen LogP contribution >= 0.6 is 11.3 Å². The standard InChI is InChI=1S/C28H29N3O5S2/c1-3-36-18-17-30-25-15-12-22(35-2)19-26(25)37-28(30)29-27(32)21-10-13-23(14-11-21)38(33,34)31-16-6-8-20-7-4-5-9-24(20)31/h4-5,7,9-15,19H,3,6,8,16-18H2,1-2H3. The Hall–Kier alpha value is -3.47. The average molecular weight is 552 g/mol. The molecule has 0 spiro atoms. The Morgan fingerprint density at radius 2 is 1.87 bits per heavy atom. The summed E-state index contributed by atoms with van der Waals surface area (Å²) in [5.74, 6) is 0.280. The molecule has 0 unspecified atom stereocenters.